The monoisotopic (exact) mass is 515 g/mol. The third kappa shape index (κ3) is 5.83. The highest BCUT2D eigenvalue weighted by atomic mass is 32.2. The van der Waals surface area contributed by atoms with Crippen LogP contribution in [0, 0.1) is 34.1 Å². The number of hydrogen-bond acceptors (Lipinski definition) is 10. The second-order valence-electron chi connectivity index (χ2n) is 7.77. The summed E-state index contributed by atoms with van der Waals surface area (Å²) in [7, 11) is -4.35. The summed E-state index contributed by atoms with van der Waals surface area (Å²) in [6.45, 7) is 8.68. The summed E-state index contributed by atoms with van der Waals surface area (Å²) >= 11 is 0. The first-order valence-electron chi connectivity index (χ1n) is 10.9. The number of nitrogens with zero attached hydrogens (tertiary/aromatic N) is 5. The number of aromatic nitrogens is 2. The quantitative estimate of drug-likeness (QED) is 0.292. The van der Waals surface area contributed by atoms with Gasteiger partial charge >= 0.3 is 0 Å². The molecule has 0 unspecified atom stereocenters. The molecule has 0 saturated heterocycles. The molecule has 0 amide bonds. The maximum atomic E-state index is 12.8. The van der Waals surface area contributed by atoms with E-state index in [-0.39, 0.29) is 11.3 Å². The molecule has 0 aliphatic carbocycles. The molecule has 3 aromatic rings. The maximum absolute atomic E-state index is 12.8. The predicted octanol–water partition coefficient (Wildman–Crippen LogP) is 4.30. The molecule has 190 valence electrons. The lowest BCUT2D eigenvalue weighted by Gasteiger charge is -2.20. The Bertz CT molecular complexity index is 1370. The first kappa shape index (κ1) is 26.3. The van der Waals surface area contributed by atoms with Crippen molar-refractivity contribution >= 4 is 44.5 Å². The van der Waals surface area contributed by atoms with Crippen molar-refractivity contribution in [1.29, 1.82) is 0 Å². The van der Waals surface area contributed by atoms with Gasteiger partial charge in [0, 0.05) is 48.4 Å². The molecule has 13 nitrogen and oxygen atoms in total. The molecular formula is C22H25N7O6S. The van der Waals surface area contributed by atoms with Crippen molar-refractivity contribution in [2.45, 2.75) is 32.6 Å². The maximum Gasteiger partial charge on any atom is 0.280 e. The Labute approximate surface area is 207 Å². The first-order valence-corrected chi connectivity index (χ1v) is 12.4. The van der Waals surface area contributed by atoms with Crippen LogP contribution in [-0.4, -0.2) is 41.3 Å². The number of rotatable bonds is 10. The van der Waals surface area contributed by atoms with Crippen LogP contribution in [0.25, 0.3) is 0 Å². The number of anilines is 4. The van der Waals surface area contributed by atoms with Crippen LogP contribution in [0.2, 0.25) is 0 Å². The van der Waals surface area contributed by atoms with Gasteiger partial charge < -0.3 is 10.2 Å². The Balaban J connectivity index is 1.84. The highest BCUT2D eigenvalue weighted by Gasteiger charge is 2.28. The topological polar surface area (TPSA) is 174 Å². The van der Waals surface area contributed by atoms with Gasteiger partial charge in [-0.05, 0) is 52.0 Å². The summed E-state index contributed by atoms with van der Waals surface area (Å²) in [5.74, 6) is 1.16. The molecular weight excluding hydrogens is 490 g/mol. The van der Waals surface area contributed by atoms with Crippen LogP contribution in [0.3, 0.4) is 0 Å². The van der Waals surface area contributed by atoms with Gasteiger partial charge in [-0.25, -0.2) is 13.4 Å². The second kappa shape index (κ2) is 10.5. The SMILES string of the molecule is CCN(CC)c1cc(C)nc(Nc2ccc(NS(=O)(=O)c3cc([N+](=O)[O-])c(C)c([N+](=O)[O-])c3)cc2)n1. The van der Waals surface area contributed by atoms with Crippen LogP contribution in [0.4, 0.5) is 34.5 Å². The fourth-order valence-corrected chi connectivity index (χ4v) is 4.57. The fraction of sp³-hybridized carbons (Fsp3) is 0.273. The van der Waals surface area contributed by atoms with E-state index in [2.05, 4.69) is 24.9 Å². The molecule has 2 N–H and O–H groups in total. The van der Waals surface area contributed by atoms with E-state index in [1.54, 1.807) is 12.1 Å². The molecule has 0 bridgehead atoms. The molecule has 0 aliphatic heterocycles. The van der Waals surface area contributed by atoms with E-state index in [1.807, 2.05) is 26.8 Å². The van der Waals surface area contributed by atoms with Crippen LogP contribution in [0.1, 0.15) is 25.1 Å². The number of nitro groups is 2. The Morgan fingerprint density at radius 3 is 1.92 bits per heavy atom. The zero-order chi connectivity index (χ0) is 26.6. The summed E-state index contributed by atoms with van der Waals surface area (Å²) < 4.78 is 28.0. The molecule has 14 heteroatoms. The van der Waals surface area contributed by atoms with Gasteiger partial charge in [-0.3, -0.25) is 25.0 Å². The Morgan fingerprint density at radius 1 is 0.889 bits per heavy atom. The largest absolute Gasteiger partial charge is 0.357 e. The smallest absolute Gasteiger partial charge is 0.280 e. The van der Waals surface area contributed by atoms with Crippen LogP contribution in [0.15, 0.2) is 47.4 Å². The zero-order valence-electron chi connectivity index (χ0n) is 20.0. The standard InChI is InChI=1S/C22H25N7O6S/c1-5-27(6-2)21-11-14(3)23-22(25-21)24-16-7-9-17(10-8-16)26-36(34,35)18-12-19(28(30)31)15(4)20(13-18)29(32)33/h7-13,26H,5-6H2,1-4H3,(H,23,24,25). The van der Waals surface area contributed by atoms with E-state index in [1.165, 1.54) is 19.1 Å². The Kier molecular flexibility index (Phi) is 7.68. The highest BCUT2D eigenvalue weighted by molar-refractivity contribution is 7.92. The van der Waals surface area contributed by atoms with Crippen molar-refractivity contribution in [3.05, 3.63) is 74.0 Å². The average Bonchev–Trinajstić information content (AvgIpc) is 2.80. The van der Waals surface area contributed by atoms with Crippen molar-refractivity contribution < 1.29 is 18.3 Å². The summed E-state index contributed by atoms with van der Waals surface area (Å²) in [6, 6.07) is 9.61. The summed E-state index contributed by atoms with van der Waals surface area (Å²) in [5, 5.41) is 25.6. The first-order chi connectivity index (χ1) is 16.9. The van der Waals surface area contributed by atoms with E-state index >= 15 is 0 Å². The number of benzene rings is 2. The van der Waals surface area contributed by atoms with E-state index in [4.69, 9.17) is 0 Å². The lowest BCUT2D eigenvalue weighted by atomic mass is 10.1. The molecule has 0 spiro atoms. The number of nitrogens with one attached hydrogen (secondary N) is 2. The summed E-state index contributed by atoms with van der Waals surface area (Å²) in [5.41, 5.74) is -0.0317. The third-order valence-electron chi connectivity index (χ3n) is 5.35. The van der Waals surface area contributed by atoms with Gasteiger partial charge in [-0.15, -0.1) is 0 Å². The number of aryl methyl sites for hydroxylation is 1. The van der Waals surface area contributed by atoms with Crippen LogP contribution >= 0.6 is 0 Å². The van der Waals surface area contributed by atoms with E-state index in [9.17, 15) is 28.6 Å². The molecule has 3 rings (SSSR count). The highest BCUT2D eigenvalue weighted by Crippen LogP contribution is 2.32. The number of hydrogen-bond donors (Lipinski definition) is 2. The van der Waals surface area contributed by atoms with E-state index in [0.717, 1.165) is 36.7 Å². The zero-order valence-corrected chi connectivity index (χ0v) is 20.9. The van der Waals surface area contributed by atoms with Crippen molar-refractivity contribution in [3.63, 3.8) is 0 Å². The van der Waals surface area contributed by atoms with Gasteiger partial charge in [0.05, 0.1) is 9.85 Å². The molecule has 1 heterocycles. The summed E-state index contributed by atoms with van der Waals surface area (Å²) in [6.07, 6.45) is 0. The molecule has 0 radical (unpaired) electrons. The number of nitro benzene ring substituents is 2. The van der Waals surface area contributed by atoms with Crippen LogP contribution in [0.5, 0.6) is 0 Å². The van der Waals surface area contributed by atoms with Gasteiger partial charge in [0.2, 0.25) is 5.95 Å². The van der Waals surface area contributed by atoms with E-state index in [0.29, 0.717) is 11.6 Å². The molecule has 0 atom stereocenters. The molecule has 0 saturated carbocycles. The molecule has 1 aromatic heterocycles. The van der Waals surface area contributed by atoms with Crippen molar-refractivity contribution in [2.24, 2.45) is 0 Å². The van der Waals surface area contributed by atoms with Crippen molar-refractivity contribution in [2.75, 3.05) is 28.0 Å². The van der Waals surface area contributed by atoms with Crippen molar-refractivity contribution in [1.82, 2.24) is 9.97 Å². The Hall–Kier alpha value is -4.33. The van der Waals surface area contributed by atoms with Crippen LogP contribution < -0.4 is 14.9 Å². The molecule has 0 aliphatic rings. The summed E-state index contributed by atoms with van der Waals surface area (Å²) in [4.78, 5) is 31.2. The van der Waals surface area contributed by atoms with Gasteiger partial charge in [0.1, 0.15) is 16.3 Å². The Morgan fingerprint density at radius 2 is 1.42 bits per heavy atom. The minimum atomic E-state index is -4.35. The number of sulfonamides is 1. The molecule has 0 fully saturated rings. The predicted molar refractivity (Wildman–Crippen MR) is 135 cm³/mol. The lowest BCUT2D eigenvalue weighted by molar-refractivity contribution is -0.395. The second-order valence-corrected chi connectivity index (χ2v) is 9.45. The normalized spacial score (nSPS) is 11.1. The lowest BCUT2D eigenvalue weighted by Crippen LogP contribution is -2.23. The van der Waals surface area contributed by atoms with Gasteiger partial charge in [0.25, 0.3) is 21.4 Å². The van der Waals surface area contributed by atoms with Crippen molar-refractivity contribution in [3.8, 4) is 0 Å². The van der Waals surface area contributed by atoms with Gasteiger partial charge in [-0.1, -0.05) is 0 Å². The fourth-order valence-electron chi connectivity index (χ4n) is 3.48. The van der Waals surface area contributed by atoms with Gasteiger partial charge in [0.15, 0.2) is 0 Å². The van der Waals surface area contributed by atoms with Gasteiger partial charge in [-0.2, -0.15) is 4.98 Å². The van der Waals surface area contributed by atoms with Crippen LogP contribution in [-0.2, 0) is 10.0 Å². The minimum Gasteiger partial charge on any atom is -0.357 e. The third-order valence-corrected chi connectivity index (χ3v) is 6.71. The van der Waals surface area contributed by atoms with E-state index < -0.39 is 36.1 Å². The average molecular weight is 516 g/mol. The molecule has 2 aromatic carbocycles. The molecule has 36 heavy (non-hydrogen) atoms. The minimum absolute atomic E-state index is 0.153.